The van der Waals surface area contributed by atoms with Gasteiger partial charge in [0, 0.05) is 26.3 Å². The molecule has 4 nitrogen and oxygen atoms in total. The average molecular weight is 221 g/mol. The predicted molar refractivity (Wildman–Crippen MR) is 56.2 cm³/mol. The second-order valence-corrected chi connectivity index (χ2v) is 6.11. The molecule has 0 aromatic heterocycles. The number of nitrogens with zero attached hydrogens (tertiary/aromatic N) is 1. The molecular weight excluding hydrogens is 202 g/mol. The van der Waals surface area contributed by atoms with Crippen LogP contribution in [-0.2, 0) is 14.6 Å². The molecule has 0 bridgehead atoms. The fourth-order valence-electron chi connectivity index (χ4n) is 1.76. The third-order valence-corrected chi connectivity index (χ3v) is 4.44. The zero-order valence-corrected chi connectivity index (χ0v) is 9.72. The number of methoxy groups -OCH3 is 1. The molecule has 1 aliphatic heterocycles. The fourth-order valence-corrected chi connectivity index (χ4v) is 3.57. The number of hydrogen-bond acceptors (Lipinski definition) is 4. The maximum Gasteiger partial charge on any atom is 0.151 e. The van der Waals surface area contributed by atoms with E-state index < -0.39 is 9.84 Å². The molecule has 1 saturated heterocycles. The first-order valence-corrected chi connectivity index (χ1v) is 6.77. The van der Waals surface area contributed by atoms with Crippen molar-refractivity contribution in [1.82, 2.24) is 4.90 Å². The third-order valence-electron chi connectivity index (χ3n) is 2.69. The minimum absolute atomic E-state index is 0.219. The van der Waals surface area contributed by atoms with Crippen LogP contribution in [0.25, 0.3) is 0 Å². The lowest BCUT2D eigenvalue weighted by Gasteiger charge is -2.22. The first kappa shape index (κ1) is 11.9. The van der Waals surface area contributed by atoms with Crippen LogP contribution in [0.4, 0.5) is 0 Å². The predicted octanol–water partition coefficient (Wildman–Crippen LogP) is 0.142. The first-order chi connectivity index (χ1) is 6.55. The maximum absolute atomic E-state index is 11.2. The quantitative estimate of drug-likeness (QED) is 0.620. The van der Waals surface area contributed by atoms with Crippen molar-refractivity contribution in [1.29, 1.82) is 0 Å². The van der Waals surface area contributed by atoms with Gasteiger partial charge in [0.2, 0.25) is 0 Å². The lowest BCUT2D eigenvalue weighted by molar-refractivity contribution is 0.169. The molecule has 1 unspecified atom stereocenters. The van der Waals surface area contributed by atoms with Gasteiger partial charge < -0.3 is 9.64 Å². The molecule has 0 aliphatic carbocycles. The van der Waals surface area contributed by atoms with Crippen molar-refractivity contribution in [3.63, 3.8) is 0 Å². The fraction of sp³-hybridized carbons (Fsp3) is 1.00. The van der Waals surface area contributed by atoms with E-state index >= 15 is 0 Å². The Morgan fingerprint density at radius 3 is 2.71 bits per heavy atom. The van der Waals surface area contributed by atoms with Crippen molar-refractivity contribution in [2.45, 2.75) is 18.9 Å². The minimum atomic E-state index is -2.74. The van der Waals surface area contributed by atoms with Crippen molar-refractivity contribution in [3.05, 3.63) is 0 Å². The van der Waals surface area contributed by atoms with E-state index in [-0.39, 0.29) is 6.04 Å². The summed E-state index contributed by atoms with van der Waals surface area (Å²) in [4.78, 5) is 2.13. The van der Waals surface area contributed by atoms with Crippen LogP contribution in [0.1, 0.15) is 12.8 Å². The first-order valence-electron chi connectivity index (χ1n) is 4.95. The summed E-state index contributed by atoms with van der Waals surface area (Å²) in [7, 11) is 0.924. The Labute approximate surface area is 86.2 Å². The highest BCUT2D eigenvalue weighted by Crippen LogP contribution is 2.16. The Hall–Kier alpha value is -0.130. The van der Waals surface area contributed by atoms with Gasteiger partial charge in [0.25, 0.3) is 0 Å². The zero-order valence-electron chi connectivity index (χ0n) is 8.90. The summed E-state index contributed by atoms with van der Waals surface area (Å²) in [5, 5.41) is 0. The van der Waals surface area contributed by atoms with E-state index in [2.05, 4.69) is 4.90 Å². The van der Waals surface area contributed by atoms with Crippen molar-refractivity contribution in [2.24, 2.45) is 0 Å². The van der Waals surface area contributed by atoms with Crippen LogP contribution in [0.15, 0.2) is 0 Å². The molecule has 1 heterocycles. The van der Waals surface area contributed by atoms with Gasteiger partial charge in [-0.25, -0.2) is 8.42 Å². The van der Waals surface area contributed by atoms with E-state index in [0.717, 1.165) is 26.0 Å². The lowest BCUT2D eigenvalue weighted by Crippen LogP contribution is -2.33. The summed E-state index contributed by atoms with van der Waals surface area (Å²) in [6, 6.07) is 0.219. The van der Waals surface area contributed by atoms with Crippen LogP contribution < -0.4 is 0 Å². The molecule has 0 spiro atoms. The van der Waals surface area contributed by atoms with Crippen molar-refractivity contribution in [2.75, 3.05) is 38.8 Å². The Morgan fingerprint density at radius 1 is 1.50 bits per heavy atom. The summed E-state index contributed by atoms with van der Waals surface area (Å²) in [5.74, 6) is 0.683. The summed E-state index contributed by atoms with van der Waals surface area (Å²) in [6.45, 7) is 1.65. The van der Waals surface area contributed by atoms with Crippen LogP contribution in [-0.4, -0.2) is 58.2 Å². The van der Waals surface area contributed by atoms with Crippen LogP contribution in [0.5, 0.6) is 0 Å². The maximum atomic E-state index is 11.2. The molecule has 0 radical (unpaired) electrons. The van der Waals surface area contributed by atoms with E-state index in [4.69, 9.17) is 4.74 Å². The number of ether oxygens (including phenoxy) is 1. The van der Waals surface area contributed by atoms with Crippen LogP contribution in [0.3, 0.4) is 0 Å². The SMILES string of the molecule is COCCCN(C)C1CCS(=O)(=O)C1. The number of sulfone groups is 1. The van der Waals surface area contributed by atoms with Gasteiger partial charge in [0.1, 0.15) is 0 Å². The van der Waals surface area contributed by atoms with E-state index in [9.17, 15) is 8.42 Å². The Morgan fingerprint density at radius 2 is 2.21 bits per heavy atom. The monoisotopic (exact) mass is 221 g/mol. The van der Waals surface area contributed by atoms with Crippen molar-refractivity contribution < 1.29 is 13.2 Å². The van der Waals surface area contributed by atoms with E-state index in [1.165, 1.54) is 0 Å². The van der Waals surface area contributed by atoms with E-state index in [0.29, 0.717) is 11.5 Å². The summed E-state index contributed by atoms with van der Waals surface area (Å²) in [5.41, 5.74) is 0. The standard InChI is InChI=1S/C9H19NO3S/c1-10(5-3-6-13-2)9-4-7-14(11,12)8-9/h9H,3-8H2,1-2H3. The molecule has 0 aromatic carbocycles. The van der Waals surface area contributed by atoms with Crippen LogP contribution in [0.2, 0.25) is 0 Å². The van der Waals surface area contributed by atoms with Crippen LogP contribution in [0, 0.1) is 0 Å². The molecule has 5 heteroatoms. The highest BCUT2D eigenvalue weighted by molar-refractivity contribution is 7.91. The van der Waals surface area contributed by atoms with Gasteiger partial charge in [-0.2, -0.15) is 0 Å². The van der Waals surface area contributed by atoms with E-state index in [1.54, 1.807) is 7.11 Å². The molecule has 84 valence electrons. The molecule has 14 heavy (non-hydrogen) atoms. The second-order valence-electron chi connectivity index (χ2n) is 3.88. The van der Waals surface area contributed by atoms with Gasteiger partial charge in [-0.3, -0.25) is 0 Å². The smallest absolute Gasteiger partial charge is 0.151 e. The molecular formula is C9H19NO3S. The molecule has 0 amide bonds. The summed E-state index contributed by atoms with van der Waals surface area (Å²) in [6.07, 6.45) is 1.75. The van der Waals surface area contributed by atoms with Crippen molar-refractivity contribution >= 4 is 9.84 Å². The molecule has 1 rings (SSSR count). The second kappa shape index (κ2) is 5.09. The minimum Gasteiger partial charge on any atom is -0.385 e. The topological polar surface area (TPSA) is 46.6 Å². The largest absolute Gasteiger partial charge is 0.385 e. The van der Waals surface area contributed by atoms with Crippen molar-refractivity contribution in [3.8, 4) is 0 Å². The van der Waals surface area contributed by atoms with Crippen LogP contribution >= 0.6 is 0 Å². The van der Waals surface area contributed by atoms with Gasteiger partial charge in [-0.05, 0) is 19.9 Å². The van der Waals surface area contributed by atoms with E-state index in [1.807, 2.05) is 7.05 Å². The molecule has 0 N–H and O–H groups in total. The number of rotatable bonds is 5. The van der Waals surface area contributed by atoms with Gasteiger partial charge in [0.15, 0.2) is 9.84 Å². The summed E-state index contributed by atoms with van der Waals surface area (Å²) < 4.78 is 27.4. The highest BCUT2D eigenvalue weighted by atomic mass is 32.2. The van der Waals surface area contributed by atoms with Gasteiger partial charge in [-0.1, -0.05) is 0 Å². The third kappa shape index (κ3) is 3.55. The van der Waals surface area contributed by atoms with Gasteiger partial charge >= 0.3 is 0 Å². The number of hydrogen-bond donors (Lipinski definition) is 0. The highest BCUT2D eigenvalue weighted by Gasteiger charge is 2.30. The Balaban J connectivity index is 2.29. The molecule has 1 atom stereocenters. The van der Waals surface area contributed by atoms with Gasteiger partial charge in [0.05, 0.1) is 11.5 Å². The van der Waals surface area contributed by atoms with Gasteiger partial charge in [-0.15, -0.1) is 0 Å². The molecule has 0 aromatic rings. The Bertz CT molecular complexity index is 263. The molecule has 0 saturated carbocycles. The zero-order chi connectivity index (χ0) is 10.6. The lowest BCUT2D eigenvalue weighted by atomic mass is 10.2. The molecule has 1 fully saturated rings. The normalized spacial score (nSPS) is 25.8. The Kier molecular flexibility index (Phi) is 4.34. The molecule has 1 aliphatic rings. The summed E-state index contributed by atoms with van der Waals surface area (Å²) >= 11 is 0. The average Bonchev–Trinajstić information content (AvgIpc) is 2.46.